The average Bonchev–Trinajstić information content (AvgIpc) is 2.86. The van der Waals surface area contributed by atoms with Gasteiger partial charge in [0.25, 0.3) is 5.69 Å². The molecule has 1 heterocycles. The quantitative estimate of drug-likeness (QED) is 0.657. The lowest BCUT2D eigenvalue weighted by Gasteiger charge is -2.26. The highest BCUT2D eigenvalue weighted by atomic mass is 32.2. The zero-order valence-corrected chi connectivity index (χ0v) is 11.1. The van der Waals surface area contributed by atoms with Crippen LogP contribution in [0.3, 0.4) is 0 Å². The van der Waals surface area contributed by atoms with Crippen LogP contribution in [0.1, 0.15) is 24.8 Å². The van der Waals surface area contributed by atoms with E-state index in [0.717, 1.165) is 24.9 Å². The maximum atomic E-state index is 10.6. The number of non-ortho nitro benzene ring substituents is 1. The first-order valence-corrected chi connectivity index (χ1v) is 7.21. The van der Waals surface area contributed by atoms with E-state index >= 15 is 0 Å². The number of hydrogen-bond acceptors (Lipinski definition) is 4. The van der Waals surface area contributed by atoms with Crippen molar-refractivity contribution in [3.63, 3.8) is 0 Å². The number of nitro groups is 1. The molecule has 18 heavy (non-hydrogen) atoms. The zero-order chi connectivity index (χ0) is 13.0. The van der Waals surface area contributed by atoms with Crippen molar-refractivity contribution in [3.8, 4) is 0 Å². The third-order valence-electron chi connectivity index (χ3n) is 3.57. The van der Waals surface area contributed by atoms with E-state index in [0.29, 0.717) is 0 Å². The molecule has 2 N–H and O–H groups in total. The Morgan fingerprint density at radius 2 is 2.11 bits per heavy atom. The lowest BCUT2D eigenvalue weighted by molar-refractivity contribution is -0.384. The summed E-state index contributed by atoms with van der Waals surface area (Å²) in [5, 5.41) is 10.6. The molecule has 1 unspecified atom stereocenters. The fraction of sp³-hybridized carbons (Fsp3) is 0.538. The molecule has 5 heteroatoms. The zero-order valence-electron chi connectivity index (χ0n) is 10.3. The fourth-order valence-electron chi connectivity index (χ4n) is 2.37. The largest absolute Gasteiger partial charge is 0.329 e. The van der Waals surface area contributed by atoms with Crippen LogP contribution in [0.15, 0.2) is 24.3 Å². The van der Waals surface area contributed by atoms with E-state index in [1.165, 1.54) is 18.6 Å². The Kier molecular flexibility index (Phi) is 4.24. The van der Waals surface area contributed by atoms with Gasteiger partial charge in [-0.1, -0.05) is 12.1 Å². The van der Waals surface area contributed by atoms with Crippen LogP contribution in [-0.4, -0.2) is 22.0 Å². The molecule has 1 fully saturated rings. The van der Waals surface area contributed by atoms with E-state index < -0.39 is 0 Å². The predicted molar refractivity (Wildman–Crippen MR) is 74.9 cm³/mol. The molecular formula is C13H18N2O2S. The van der Waals surface area contributed by atoms with Crippen LogP contribution in [0.4, 0.5) is 5.69 Å². The summed E-state index contributed by atoms with van der Waals surface area (Å²) < 4.78 is 0.238. The number of hydrogen-bond donors (Lipinski definition) is 1. The van der Waals surface area contributed by atoms with Gasteiger partial charge in [-0.3, -0.25) is 10.1 Å². The number of nitro benzene ring substituents is 1. The summed E-state index contributed by atoms with van der Waals surface area (Å²) in [6.45, 7) is 0.727. The van der Waals surface area contributed by atoms with Crippen LogP contribution in [0.25, 0.3) is 0 Å². The van der Waals surface area contributed by atoms with Gasteiger partial charge in [0, 0.05) is 23.4 Å². The van der Waals surface area contributed by atoms with Crippen molar-refractivity contribution in [2.24, 2.45) is 5.73 Å². The molecule has 0 spiro atoms. The second kappa shape index (κ2) is 5.71. The minimum atomic E-state index is -0.363. The van der Waals surface area contributed by atoms with E-state index in [1.54, 1.807) is 12.1 Å². The van der Waals surface area contributed by atoms with Crippen molar-refractivity contribution in [2.75, 3.05) is 12.3 Å². The van der Waals surface area contributed by atoms with E-state index in [-0.39, 0.29) is 15.4 Å². The summed E-state index contributed by atoms with van der Waals surface area (Å²) in [5.41, 5.74) is 7.20. The fourth-order valence-corrected chi connectivity index (χ4v) is 3.75. The van der Waals surface area contributed by atoms with Crippen molar-refractivity contribution < 1.29 is 4.92 Å². The SMILES string of the molecule is NCC1(CCc2ccc([N+](=O)[O-])cc2)CCCS1. The normalized spacial score (nSPS) is 23.2. The lowest BCUT2D eigenvalue weighted by atomic mass is 9.95. The molecule has 1 aromatic carbocycles. The van der Waals surface area contributed by atoms with E-state index in [1.807, 2.05) is 23.9 Å². The molecule has 2 rings (SSSR count). The first-order valence-electron chi connectivity index (χ1n) is 6.23. The molecule has 0 radical (unpaired) electrons. The smallest absolute Gasteiger partial charge is 0.269 e. The van der Waals surface area contributed by atoms with Crippen molar-refractivity contribution in [2.45, 2.75) is 30.4 Å². The van der Waals surface area contributed by atoms with Gasteiger partial charge in [0.15, 0.2) is 0 Å². The number of thioether (sulfide) groups is 1. The van der Waals surface area contributed by atoms with Gasteiger partial charge < -0.3 is 5.73 Å². The second-order valence-electron chi connectivity index (χ2n) is 4.76. The van der Waals surface area contributed by atoms with E-state index in [4.69, 9.17) is 5.73 Å². The highest BCUT2D eigenvalue weighted by molar-refractivity contribution is 8.00. The van der Waals surface area contributed by atoms with Gasteiger partial charge in [-0.25, -0.2) is 0 Å². The first-order chi connectivity index (χ1) is 8.65. The van der Waals surface area contributed by atoms with Crippen LogP contribution in [-0.2, 0) is 6.42 Å². The van der Waals surface area contributed by atoms with Crippen molar-refractivity contribution in [3.05, 3.63) is 39.9 Å². The minimum absolute atomic E-state index is 0.155. The highest BCUT2D eigenvalue weighted by Gasteiger charge is 2.32. The van der Waals surface area contributed by atoms with Gasteiger partial charge in [0.1, 0.15) is 0 Å². The maximum Gasteiger partial charge on any atom is 0.269 e. The number of rotatable bonds is 5. The molecule has 1 saturated heterocycles. The molecule has 0 saturated carbocycles. The minimum Gasteiger partial charge on any atom is -0.329 e. The highest BCUT2D eigenvalue weighted by Crippen LogP contribution is 2.40. The van der Waals surface area contributed by atoms with Crippen LogP contribution < -0.4 is 5.73 Å². The Balaban J connectivity index is 1.95. The summed E-state index contributed by atoms with van der Waals surface area (Å²) in [6.07, 6.45) is 4.46. The predicted octanol–water partition coefficient (Wildman–Crippen LogP) is 2.75. The molecule has 0 amide bonds. The van der Waals surface area contributed by atoms with Crippen LogP contribution in [0.5, 0.6) is 0 Å². The van der Waals surface area contributed by atoms with Gasteiger partial charge in [-0.15, -0.1) is 0 Å². The van der Waals surface area contributed by atoms with Crippen molar-refractivity contribution in [1.29, 1.82) is 0 Å². The number of nitrogens with zero attached hydrogens (tertiary/aromatic N) is 1. The Bertz CT molecular complexity index is 414. The topological polar surface area (TPSA) is 69.2 Å². The van der Waals surface area contributed by atoms with Crippen LogP contribution in [0.2, 0.25) is 0 Å². The third-order valence-corrected chi connectivity index (χ3v) is 5.25. The Morgan fingerprint density at radius 1 is 1.39 bits per heavy atom. The third kappa shape index (κ3) is 3.03. The molecule has 1 aromatic rings. The van der Waals surface area contributed by atoms with Gasteiger partial charge in [-0.2, -0.15) is 11.8 Å². The van der Waals surface area contributed by atoms with Gasteiger partial charge in [0.05, 0.1) is 4.92 Å². The second-order valence-corrected chi connectivity index (χ2v) is 6.33. The molecule has 0 bridgehead atoms. The summed E-state index contributed by atoms with van der Waals surface area (Å²) >= 11 is 1.98. The number of aryl methyl sites for hydroxylation is 1. The van der Waals surface area contributed by atoms with E-state index in [2.05, 4.69) is 0 Å². The summed E-state index contributed by atoms with van der Waals surface area (Å²) in [6, 6.07) is 6.85. The van der Waals surface area contributed by atoms with Crippen molar-refractivity contribution in [1.82, 2.24) is 0 Å². The molecule has 0 aromatic heterocycles. The Hall–Kier alpha value is -1.07. The average molecular weight is 266 g/mol. The molecule has 4 nitrogen and oxygen atoms in total. The molecule has 98 valence electrons. The van der Waals surface area contributed by atoms with E-state index in [9.17, 15) is 10.1 Å². The van der Waals surface area contributed by atoms with Crippen molar-refractivity contribution >= 4 is 17.4 Å². The number of benzene rings is 1. The van der Waals surface area contributed by atoms with Crippen LogP contribution in [0, 0.1) is 10.1 Å². The molecule has 0 aliphatic carbocycles. The van der Waals surface area contributed by atoms with Gasteiger partial charge in [-0.05, 0) is 37.0 Å². The Morgan fingerprint density at radius 3 is 2.61 bits per heavy atom. The first kappa shape index (κ1) is 13.4. The summed E-state index contributed by atoms with van der Waals surface area (Å²) in [4.78, 5) is 10.2. The van der Waals surface area contributed by atoms with Gasteiger partial charge in [0.2, 0.25) is 0 Å². The Labute approximate surface area is 111 Å². The maximum absolute atomic E-state index is 10.6. The summed E-state index contributed by atoms with van der Waals surface area (Å²) in [7, 11) is 0. The summed E-state index contributed by atoms with van der Waals surface area (Å²) in [5.74, 6) is 1.21. The van der Waals surface area contributed by atoms with Gasteiger partial charge >= 0.3 is 0 Å². The molecule has 1 aliphatic heterocycles. The van der Waals surface area contributed by atoms with Crippen LogP contribution >= 0.6 is 11.8 Å². The lowest BCUT2D eigenvalue weighted by Crippen LogP contribution is -2.32. The monoisotopic (exact) mass is 266 g/mol. The molecule has 1 aliphatic rings. The molecule has 1 atom stereocenters. The standard InChI is InChI=1S/C13H18N2O2S/c14-10-13(7-1-9-18-13)8-6-11-2-4-12(5-3-11)15(16)17/h2-5H,1,6-10,14H2. The molecular weight excluding hydrogens is 248 g/mol. The number of nitrogens with two attached hydrogens (primary N) is 1.